The number of rotatable bonds is 7. The Bertz CT molecular complexity index is 1320. The lowest BCUT2D eigenvalue weighted by atomic mass is 10.2. The number of nitrogens with one attached hydrogen (secondary N) is 1. The van der Waals surface area contributed by atoms with Gasteiger partial charge in [0.1, 0.15) is 12.4 Å². The maximum Gasteiger partial charge on any atom is 0.265 e. The molecule has 3 heterocycles. The van der Waals surface area contributed by atoms with Crippen molar-refractivity contribution in [2.45, 2.75) is 40.8 Å². The van der Waals surface area contributed by atoms with E-state index < -0.39 is 0 Å². The van der Waals surface area contributed by atoms with Gasteiger partial charge in [0.15, 0.2) is 0 Å². The van der Waals surface area contributed by atoms with Gasteiger partial charge in [-0.1, -0.05) is 17.7 Å². The number of thiophene rings is 1. The average Bonchev–Trinajstić information content (AvgIpc) is 3.42. The molecule has 33 heavy (non-hydrogen) atoms. The number of halogens is 1. The molecule has 0 bridgehead atoms. The molecular formula is C24H26ClN5O2S. The molecule has 3 aromatic heterocycles. The van der Waals surface area contributed by atoms with Gasteiger partial charge in [-0.15, -0.1) is 11.3 Å². The van der Waals surface area contributed by atoms with Crippen LogP contribution in [0.4, 0.5) is 5.69 Å². The Hall–Kier alpha value is -3.10. The van der Waals surface area contributed by atoms with Gasteiger partial charge in [0.05, 0.1) is 34.2 Å². The SMILES string of the molecule is Cc1nn(C)c(C)c1Cn1nc(C)c(NC(=O)c2cc(COc3cccc(Cl)c3)cs2)c1C. The fourth-order valence-corrected chi connectivity index (χ4v) is 4.67. The van der Waals surface area contributed by atoms with E-state index in [2.05, 4.69) is 15.5 Å². The van der Waals surface area contributed by atoms with E-state index in [1.54, 1.807) is 12.1 Å². The molecule has 1 aromatic carbocycles. The van der Waals surface area contributed by atoms with E-state index in [4.69, 9.17) is 16.3 Å². The first-order valence-electron chi connectivity index (χ1n) is 10.5. The highest BCUT2D eigenvalue weighted by atomic mass is 35.5. The fourth-order valence-electron chi connectivity index (χ4n) is 3.70. The molecule has 0 aliphatic heterocycles. The van der Waals surface area contributed by atoms with Crippen LogP contribution in [0.15, 0.2) is 35.7 Å². The second-order valence-electron chi connectivity index (χ2n) is 8.00. The van der Waals surface area contributed by atoms with Crippen LogP contribution in [0.25, 0.3) is 0 Å². The van der Waals surface area contributed by atoms with E-state index in [0.29, 0.717) is 28.8 Å². The van der Waals surface area contributed by atoms with E-state index in [0.717, 1.165) is 39.6 Å². The number of benzene rings is 1. The summed E-state index contributed by atoms with van der Waals surface area (Å²) in [4.78, 5) is 13.5. The van der Waals surface area contributed by atoms with Gasteiger partial charge in [-0.05, 0) is 57.3 Å². The molecule has 4 aromatic rings. The van der Waals surface area contributed by atoms with Crippen LogP contribution in [0.5, 0.6) is 5.75 Å². The van der Waals surface area contributed by atoms with Gasteiger partial charge in [0.2, 0.25) is 0 Å². The number of carbonyl (C=O) groups excluding carboxylic acids is 1. The van der Waals surface area contributed by atoms with Gasteiger partial charge in [-0.25, -0.2) is 0 Å². The second kappa shape index (κ2) is 9.41. The standard InChI is InChI=1S/C24H26ClN5O2S/c1-14-21(16(3)29(5)27-14)11-30-17(4)23(15(2)28-30)26-24(31)22-9-18(13-33-22)12-32-20-8-6-7-19(25)10-20/h6-10,13H,11-12H2,1-5H3,(H,26,31). The molecule has 0 radical (unpaired) electrons. The molecule has 0 fully saturated rings. The molecule has 0 spiro atoms. The smallest absolute Gasteiger partial charge is 0.265 e. The predicted molar refractivity (Wildman–Crippen MR) is 132 cm³/mol. The van der Waals surface area contributed by atoms with Crippen molar-refractivity contribution in [3.63, 3.8) is 0 Å². The van der Waals surface area contributed by atoms with Crippen molar-refractivity contribution in [1.82, 2.24) is 19.6 Å². The topological polar surface area (TPSA) is 74.0 Å². The Balaban J connectivity index is 1.44. The van der Waals surface area contributed by atoms with Crippen molar-refractivity contribution < 1.29 is 9.53 Å². The quantitative estimate of drug-likeness (QED) is 0.379. The first-order chi connectivity index (χ1) is 15.7. The van der Waals surface area contributed by atoms with E-state index in [9.17, 15) is 4.79 Å². The minimum absolute atomic E-state index is 0.159. The Morgan fingerprint density at radius 3 is 2.61 bits per heavy atom. The summed E-state index contributed by atoms with van der Waals surface area (Å²) < 4.78 is 9.57. The maximum absolute atomic E-state index is 12.9. The third kappa shape index (κ3) is 4.96. The first kappa shape index (κ1) is 23.1. The average molecular weight is 484 g/mol. The Labute approximate surface area is 202 Å². The number of nitrogens with zero attached hydrogens (tertiary/aromatic N) is 4. The second-order valence-corrected chi connectivity index (χ2v) is 9.34. The van der Waals surface area contributed by atoms with Crippen LogP contribution < -0.4 is 10.1 Å². The molecule has 172 valence electrons. The minimum atomic E-state index is -0.159. The molecule has 9 heteroatoms. The third-order valence-electron chi connectivity index (χ3n) is 5.67. The highest BCUT2D eigenvalue weighted by Crippen LogP contribution is 2.25. The van der Waals surface area contributed by atoms with Crippen molar-refractivity contribution in [2.24, 2.45) is 7.05 Å². The Kier molecular flexibility index (Phi) is 6.58. The molecule has 0 aliphatic rings. The molecule has 0 saturated heterocycles. The number of hydrogen-bond acceptors (Lipinski definition) is 5. The molecule has 7 nitrogen and oxygen atoms in total. The minimum Gasteiger partial charge on any atom is -0.489 e. The Morgan fingerprint density at radius 2 is 1.91 bits per heavy atom. The van der Waals surface area contributed by atoms with Crippen molar-refractivity contribution in [2.75, 3.05) is 5.32 Å². The van der Waals surface area contributed by atoms with E-state index in [1.807, 2.05) is 67.7 Å². The zero-order valence-electron chi connectivity index (χ0n) is 19.3. The number of aryl methyl sites for hydroxylation is 3. The molecule has 0 atom stereocenters. The number of aromatic nitrogens is 4. The van der Waals surface area contributed by atoms with Gasteiger partial charge in [0.25, 0.3) is 5.91 Å². The van der Waals surface area contributed by atoms with Crippen LogP contribution in [0.2, 0.25) is 5.02 Å². The summed E-state index contributed by atoms with van der Waals surface area (Å²) in [5.41, 5.74) is 6.59. The summed E-state index contributed by atoms with van der Waals surface area (Å²) in [6.07, 6.45) is 0. The maximum atomic E-state index is 12.9. The summed E-state index contributed by atoms with van der Waals surface area (Å²) >= 11 is 7.38. The molecule has 1 N–H and O–H groups in total. The van der Waals surface area contributed by atoms with Gasteiger partial charge in [0, 0.05) is 28.9 Å². The van der Waals surface area contributed by atoms with Crippen LogP contribution in [-0.4, -0.2) is 25.5 Å². The van der Waals surface area contributed by atoms with Gasteiger partial charge in [-0.2, -0.15) is 10.2 Å². The van der Waals surface area contributed by atoms with Crippen LogP contribution in [0.1, 0.15) is 43.6 Å². The highest BCUT2D eigenvalue weighted by molar-refractivity contribution is 7.12. The largest absolute Gasteiger partial charge is 0.489 e. The lowest BCUT2D eigenvalue weighted by molar-refractivity contribution is 0.103. The Morgan fingerprint density at radius 1 is 1.12 bits per heavy atom. The van der Waals surface area contributed by atoms with Crippen molar-refractivity contribution in [3.05, 3.63) is 79.5 Å². The zero-order chi connectivity index (χ0) is 23.7. The molecule has 4 rings (SSSR count). The molecular weight excluding hydrogens is 458 g/mol. The summed E-state index contributed by atoms with van der Waals surface area (Å²) in [7, 11) is 1.94. The van der Waals surface area contributed by atoms with Gasteiger partial charge < -0.3 is 10.1 Å². The summed E-state index contributed by atoms with van der Waals surface area (Å²) in [6.45, 7) is 8.90. The van der Waals surface area contributed by atoms with E-state index in [-0.39, 0.29) is 5.91 Å². The number of ether oxygens (including phenoxy) is 1. The lowest BCUT2D eigenvalue weighted by Crippen LogP contribution is -2.12. The van der Waals surface area contributed by atoms with E-state index >= 15 is 0 Å². The lowest BCUT2D eigenvalue weighted by Gasteiger charge is -2.07. The summed E-state index contributed by atoms with van der Waals surface area (Å²) in [6, 6.07) is 9.10. The van der Waals surface area contributed by atoms with E-state index in [1.165, 1.54) is 11.3 Å². The fraction of sp³-hybridized carbons (Fsp3) is 0.292. The van der Waals surface area contributed by atoms with Crippen LogP contribution in [0, 0.1) is 27.7 Å². The molecule has 0 saturated carbocycles. The van der Waals surface area contributed by atoms with Crippen molar-refractivity contribution in [3.8, 4) is 5.75 Å². The molecule has 0 aliphatic carbocycles. The molecule has 1 amide bonds. The first-order valence-corrected chi connectivity index (χ1v) is 11.8. The van der Waals surface area contributed by atoms with Gasteiger partial charge in [-0.3, -0.25) is 14.2 Å². The normalized spacial score (nSPS) is 11.1. The number of carbonyl (C=O) groups is 1. The number of hydrogen-bond donors (Lipinski definition) is 1. The third-order valence-corrected chi connectivity index (χ3v) is 6.88. The highest BCUT2D eigenvalue weighted by Gasteiger charge is 2.19. The monoisotopic (exact) mass is 483 g/mol. The number of anilines is 1. The number of amides is 1. The van der Waals surface area contributed by atoms with Crippen molar-refractivity contribution in [1.29, 1.82) is 0 Å². The zero-order valence-corrected chi connectivity index (χ0v) is 20.8. The van der Waals surface area contributed by atoms with Crippen LogP contribution in [-0.2, 0) is 20.2 Å². The molecule has 0 unspecified atom stereocenters. The summed E-state index contributed by atoms with van der Waals surface area (Å²) in [5, 5.41) is 14.7. The predicted octanol–water partition coefficient (Wildman–Crippen LogP) is 5.44. The van der Waals surface area contributed by atoms with Crippen LogP contribution >= 0.6 is 22.9 Å². The van der Waals surface area contributed by atoms with Gasteiger partial charge >= 0.3 is 0 Å². The summed E-state index contributed by atoms with van der Waals surface area (Å²) in [5.74, 6) is 0.533. The van der Waals surface area contributed by atoms with Crippen molar-refractivity contribution >= 4 is 34.5 Å². The van der Waals surface area contributed by atoms with Crippen LogP contribution in [0.3, 0.4) is 0 Å².